The third-order valence-corrected chi connectivity index (χ3v) is 4.50. The number of nitrogens with zero attached hydrogens (tertiary/aromatic N) is 4. The Kier molecular flexibility index (Phi) is 5.27. The van der Waals surface area contributed by atoms with E-state index >= 15 is 0 Å². The van der Waals surface area contributed by atoms with E-state index in [1.807, 2.05) is 4.72 Å². The molecule has 8 nitrogen and oxygen atoms in total. The minimum Gasteiger partial charge on any atom is -0.274 e. The number of para-hydroxylation sites is 1. The van der Waals surface area contributed by atoms with E-state index < -0.39 is 21.9 Å². The second-order valence-electron chi connectivity index (χ2n) is 4.56. The van der Waals surface area contributed by atoms with Crippen LogP contribution in [0.4, 0.5) is 10.1 Å². The van der Waals surface area contributed by atoms with E-state index in [2.05, 4.69) is 10.3 Å². The lowest BCUT2D eigenvalue weighted by atomic mass is 10.3. The molecule has 0 spiro atoms. The van der Waals surface area contributed by atoms with E-state index in [9.17, 15) is 17.6 Å². The molecule has 0 atom stereocenters. The Bertz CT molecular complexity index is 764. The van der Waals surface area contributed by atoms with Gasteiger partial charge in [0.2, 0.25) is 5.91 Å². The minimum atomic E-state index is -4.19. The summed E-state index contributed by atoms with van der Waals surface area (Å²) in [5.41, 5.74) is -0.119. The van der Waals surface area contributed by atoms with E-state index in [1.54, 1.807) is 13.1 Å². The normalized spacial score (nSPS) is 11.2. The van der Waals surface area contributed by atoms with Gasteiger partial charge in [0.05, 0.1) is 18.4 Å². The van der Waals surface area contributed by atoms with Crippen LogP contribution < -0.4 is 9.03 Å². The number of carbonyl (C=O) groups excluding carboxylic acids is 1. The predicted octanol–water partition coefficient (Wildman–Crippen LogP) is 0.695. The van der Waals surface area contributed by atoms with Gasteiger partial charge in [-0.2, -0.15) is 8.42 Å². The lowest BCUT2D eigenvalue weighted by Gasteiger charge is -2.23. The molecule has 0 aliphatic heterocycles. The highest BCUT2D eigenvalue weighted by molar-refractivity contribution is 7.91. The van der Waals surface area contributed by atoms with Crippen LogP contribution >= 0.6 is 0 Å². The second-order valence-corrected chi connectivity index (χ2v) is 6.16. The van der Waals surface area contributed by atoms with Gasteiger partial charge in [-0.15, -0.1) is 5.10 Å². The molecule has 124 valence electrons. The molecule has 0 fully saturated rings. The summed E-state index contributed by atoms with van der Waals surface area (Å²) < 4.78 is 42.5. The Hall–Kier alpha value is -2.49. The van der Waals surface area contributed by atoms with E-state index in [1.165, 1.54) is 29.1 Å². The molecule has 0 radical (unpaired) electrons. The molecule has 0 bridgehead atoms. The van der Waals surface area contributed by atoms with Gasteiger partial charge in [-0.1, -0.05) is 17.3 Å². The molecule has 0 aliphatic carbocycles. The number of benzene rings is 1. The van der Waals surface area contributed by atoms with E-state index in [4.69, 9.17) is 0 Å². The quantitative estimate of drug-likeness (QED) is 0.799. The van der Waals surface area contributed by atoms with E-state index in [-0.39, 0.29) is 25.2 Å². The molecule has 0 unspecified atom stereocenters. The molecule has 1 heterocycles. The number of aromatic nitrogens is 3. The highest BCUT2D eigenvalue weighted by Crippen LogP contribution is 2.20. The van der Waals surface area contributed by atoms with Gasteiger partial charge in [0, 0.05) is 19.2 Å². The summed E-state index contributed by atoms with van der Waals surface area (Å²) in [7, 11) is -4.19. The smallest absolute Gasteiger partial charge is 0.274 e. The zero-order valence-electron chi connectivity index (χ0n) is 12.4. The van der Waals surface area contributed by atoms with Gasteiger partial charge in [0.1, 0.15) is 5.82 Å². The summed E-state index contributed by atoms with van der Waals surface area (Å²) in [6, 6.07) is 5.46. The van der Waals surface area contributed by atoms with Crippen molar-refractivity contribution in [2.24, 2.45) is 0 Å². The molecule has 1 aromatic carbocycles. The second kappa shape index (κ2) is 7.18. The van der Waals surface area contributed by atoms with Crippen LogP contribution in [0.5, 0.6) is 0 Å². The van der Waals surface area contributed by atoms with Gasteiger partial charge in [-0.25, -0.2) is 9.11 Å². The predicted molar refractivity (Wildman–Crippen MR) is 81.1 cm³/mol. The average molecular weight is 341 g/mol. The van der Waals surface area contributed by atoms with Crippen molar-refractivity contribution in [1.82, 2.24) is 19.7 Å². The van der Waals surface area contributed by atoms with Gasteiger partial charge in [0.15, 0.2) is 0 Å². The third-order valence-electron chi connectivity index (χ3n) is 2.98. The maximum atomic E-state index is 13.8. The molecule has 2 aromatic rings. The van der Waals surface area contributed by atoms with Crippen LogP contribution in [0.2, 0.25) is 0 Å². The summed E-state index contributed by atoms with van der Waals surface area (Å²) in [5, 5.41) is 7.25. The Morgan fingerprint density at radius 1 is 1.39 bits per heavy atom. The summed E-state index contributed by atoms with van der Waals surface area (Å²) >= 11 is 0. The Labute approximate surface area is 133 Å². The molecule has 0 aliphatic rings. The minimum absolute atomic E-state index is 0.0212. The van der Waals surface area contributed by atoms with Crippen LogP contribution in [0, 0.1) is 5.82 Å². The standard InChI is InChI=1S/C13H16FN5O3S/c1-2-19(12-6-4-3-5-11(12)14)23(21,22)16-13(20)7-9-18-10-8-15-17-18/h3-6,8,10H,2,7,9H2,1H3,(H,16,20). The number of rotatable bonds is 7. The summed E-state index contributed by atoms with van der Waals surface area (Å²) in [6.07, 6.45) is 2.91. The molecule has 1 aromatic heterocycles. The molecule has 23 heavy (non-hydrogen) atoms. The molecule has 0 saturated carbocycles. The number of aryl methyl sites for hydroxylation is 1. The fourth-order valence-corrected chi connectivity index (χ4v) is 3.19. The van der Waals surface area contributed by atoms with Crippen LogP contribution in [0.3, 0.4) is 0 Å². The lowest BCUT2D eigenvalue weighted by Crippen LogP contribution is -2.44. The number of nitrogens with one attached hydrogen (secondary N) is 1. The van der Waals surface area contributed by atoms with Crippen molar-refractivity contribution in [2.75, 3.05) is 10.8 Å². The number of hydrogen-bond acceptors (Lipinski definition) is 5. The Morgan fingerprint density at radius 2 is 2.13 bits per heavy atom. The Balaban J connectivity index is 2.07. The average Bonchev–Trinajstić information content (AvgIpc) is 3.00. The number of hydrogen-bond donors (Lipinski definition) is 1. The summed E-state index contributed by atoms with van der Waals surface area (Å²) in [4.78, 5) is 11.8. The third kappa shape index (κ3) is 4.25. The highest BCUT2D eigenvalue weighted by Gasteiger charge is 2.25. The van der Waals surface area contributed by atoms with Crippen LogP contribution in [0.15, 0.2) is 36.7 Å². The SMILES string of the molecule is CCN(c1ccccc1F)S(=O)(=O)NC(=O)CCn1ccnn1. The molecule has 1 amide bonds. The molecule has 2 rings (SSSR count). The number of carbonyl (C=O) groups is 1. The molecule has 0 saturated heterocycles. The fourth-order valence-electron chi connectivity index (χ4n) is 1.94. The highest BCUT2D eigenvalue weighted by atomic mass is 32.2. The van der Waals surface area contributed by atoms with Crippen molar-refractivity contribution >= 4 is 21.8 Å². The van der Waals surface area contributed by atoms with E-state index in [0.29, 0.717) is 0 Å². The first-order valence-electron chi connectivity index (χ1n) is 6.86. The largest absolute Gasteiger partial charge is 0.326 e. The van der Waals surface area contributed by atoms with Crippen molar-refractivity contribution < 1.29 is 17.6 Å². The fraction of sp³-hybridized carbons (Fsp3) is 0.308. The molecule has 1 N–H and O–H groups in total. The molecular formula is C13H16FN5O3S. The Morgan fingerprint density at radius 3 is 2.74 bits per heavy atom. The van der Waals surface area contributed by atoms with Gasteiger partial charge in [-0.05, 0) is 19.1 Å². The number of halogens is 1. The van der Waals surface area contributed by atoms with E-state index in [0.717, 1.165) is 10.4 Å². The van der Waals surface area contributed by atoms with Crippen LogP contribution in [0.25, 0.3) is 0 Å². The van der Waals surface area contributed by atoms with Gasteiger partial charge >= 0.3 is 10.2 Å². The number of anilines is 1. The zero-order valence-corrected chi connectivity index (χ0v) is 13.2. The first kappa shape index (κ1) is 16.9. The number of amides is 1. The van der Waals surface area contributed by atoms with Gasteiger partial charge < -0.3 is 0 Å². The maximum Gasteiger partial charge on any atom is 0.326 e. The van der Waals surface area contributed by atoms with Crippen molar-refractivity contribution in [3.8, 4) is 0 Å². The van der Waals surface area contributed by atoms with Gasteiger partial charge in [-0.3, -0.25) is 13.8 Å². The van der Waals surface area contributed by atoms with Gasteiger partial charge in [0.25, 0.3) is 0 Å². The monoisotopic (exact) mass is 341 g/mol. The van der Waals surface area contributed by atoms with Crippen LogP contribution in [0.1, 0.15) is 13.3 Å². The summed E-state index contributed by atoms with van der Waals surface area (Å²) in [5.74, 6) is -1.40. The first-order valence-corrected chi connectivity index (χ1v) is 8.30. The lowest BCUT2D eigenvalue weighted by molar-refractivity contribution is -0.119. The topological polar surface area (TPSA) is 97.2 Å². The van der Waals surface area contributed by atoms with Crippen LogP contribution in [-0.2, 0) is 21.5 Å². The zero-order chi connectivity index (χ0) is 16.9. The maximum absolute atomic E-state index is 13.8. The molecule has 10 heteroatoms. The van der Waals surface area contributed by atoms with Crippen molar-refractivity contribution in [1.29, 1.82) is 0 Å². The molecular weight excluding hydrogens is 325 g/mol. The summed E-state index contributed by atoms with van der Waals surface area (Å²) in [6.45, 7) is 1.71. The van der Waals surface area contributed by atoms with Crippen molar-refractivity contribution in [3.63, 3.8) is 0 Å². The van der Waals surface area contributed by atoms with Crippen LogP contribution in [-0.4, -0.2) is 35.9 Å². The first-order chi connectivity index (χ1) is 10.9. The van der Waals surface area contributed by atoms with Crippen molar-refractivity contribution in [2.45, 2.75) is 19.9 Å². The van der Waals surface area contributed by atoms with Crippen molar-refractivity contribution in [3.05, 3.63) is 42.5 Å².